The molecule has 4 heteroatoms. The number of carbonyl (C=O) groups is 1. The largest absolute Gasteiger partial charge is 0.387 e. The number of anilines is 1. The molecule has 2 rings (SSSR count). The van der Waals surface area contributed by atoms with Gasteiger partial charge in [-0.25, -0.2) is 0 Å². The lowest BCUT2D eigenvalue weighted by Gasteiger charge is -2.27. The first-order valence-corrected chi connectivity index (χ1v) is 6.85. The van der Waals surface area contributed by atoms with Crippen molar-refractivity contribution in [3.8, 4) is 0 Å². The first-order valence-electron chi connectivity index (χ1n) is 6.85. The third kappa shape index (κ3) is 2.80. The molecule has 19 heavy (non-hydrogen) atoms. The normalized spacial score (nSPS) is 18.1. The van der Waals surface area contributed by atoms with E-state index in [-0.39, 0.29) is 11.9 Å². The molecule has 1 aliphatic rings. The highest BCUT2D eigenvalue weighted by Crippen LogP contribution is 2.30. The van der Waals surface area contributed by atoms with Crippen LogP contribution in [0.5, 0.6) is 0 Å². The van der Waals surface area contributed by atoms with Crippen molar-refractivity contribution < 1.29 is 9.90 Å². The van der Waals surface area contributed by atoms with Gasteiger partial charge in [0.15, 0.2) is 0 Å². The molecular formula is C15H22N2O2. The number of aryl methyl sites for hydroxylation is 1. The third-order valence-electron chi connectivity index (χ3n) is 3.79. The van der Waals surface area contributed by atoms with Gasteiger partial charge in [0, 0.05) is 25.2 Å². The van der Waals surface area contributed by atoms with Gasteiger partial charge in [0.05, 0.1) is 6.10 Å². The van der Waals surface area contributed by atoms with Crippen molar-refractivity contribution in [2.24, 2.45) is 0 Å². The summed E-state index contributed by atoms with van der Waals surface area (Å²) in [6.07, 6.45) is 0.786. The monoisotopic (exact) mass is 262 g/mol. The van der Waals surface area contributed by atoms with Crippen LogP contribution in [0.3, 0.4) is 0 Å². The van der Waals surface area contributed by atoms with Gasteiger partial charge < -0.3 is 15.3 Å². The SMILES string of the molecule is CCNC(C)C(O)c1ccc2c(c1)CCC(=O)N2C. The van der Waals surface area contributed by atoms with E-state index < -0.39 is 6.10 Å². The van der Waals surface area contributed by atoms with Crippen LogP contribution in [-0.2, 0) is 11.2 Å². The number of carbonyl (C=O) groups excluding carboxylic acids is 1. The molecule has 104 valence electrons. The summed E-state index contributed by atoms with van der Waals surface area (Å²) in [5.74, 6) is 0.154. The van der Waals surface area contributed by atoms with Gasteiger partial charge >= 0.3 is 0 Å². The summed E-state index contributed by atoms with van der Waals surface area (Å²) in [4.78, 5) is 13.3. The summed E-state index contributed by atoms with van der Waals surface area (Å²) in [5, 5.41) is 13.5. The topological polar surface area (TPSA) is 52.6 Å². The van der Waals surface area contributed by atoms with Gasteiger partial charge in [-0.15, -0.1) is 0 Å². The van der Waals surface area contributed by atoms with E-state index in [1.54, 1.807) is 11.9 Å². The number of aliphatic hydroxyl groups is 1. The van der Waals surface area contributed by atoms with Crippen LogP contribution in [0.15, 0.2) is 18.2 Å². The average molecular weight is 262 g/mol. The average Bonchev–Trinajstić information content (AvgIpc) is 2.42. The first kappa shape index (κ1) is 14.0. The molecule has 2 N–H and O–H groups in total. The standard InChI is InChI=1S/C15H22N2O2/c1-4-16-10(2)15(19)12-5-7-13-11(9-12)6-8-14(18)17(13)3/h5,7,9-10,15-16,19H,4,6,8H2,1-3H3. The molecule has 1 amide bonds. The molecule has 0 fully saturated rings. The molecule has 0 aliphatic carbocycles. The number of hydrogen-bond acceptors (Lipinski definition) is 3. The number of fused-ring (bicyclic) bond motifs is 1. The zero-order valence-electron chi connectivity index (χ0n) is 11.8. The predicted octanol–water partition coefficient (Wildman–Crippen LogP) is 1.63. The Labute approximate surface area is 114 Å². The quantitative estimate of drug-likeness (QED) is 0.867. The Hall–Kier alpha value is -1.39. The Morgan fingerprint density at radius 3 is 2.84 bits per heavy atom. The molecule has 0 aromatic heterocycles. The summed E-state index contributed by atoms with van der Waals surface area (Å²) in [5.41, 5.74) is 3.01. The summed E-state index contributed by atoms with van der Waals surface area (Å²) in [6.45, 7) is 4.83. The Morgan fingerprint density at radius 1 is 1.42 bits per heavy atom. The van der Waals surface area contributed by atoms with E-state index in [1.165, 1.54) is 0 Å². The van der Waals surface area contributed by atoms with E-state index in [9.17, 15) is 9.90 Å². The number of amides is 1. The van der Waals surface area contributed by atoms with Crippen molar-refractivity contribution in [1.29, 1.82) is 0 Å². The zero-order chi connectivity index (χ0) is 14.0. The van der Waals surface area contributed by atoms with Crippen molar-refractivity contribution in [1.82, 2.24) is 5.32 Å². The van der Waals surface area contributed by atoms with Gasteiger partial charge in [-0.2, -0.15) is 0 Å². The highest BCUT2D eigenvalue weighted by Gasteiger charge is 2.23. The molecule has 4 nitrogen and oxygen atoms in total. The fourth-order valence-corrected chi connectivity index (χ4v) is 2.58. The first-order chi connectivity index (χ1) is 9.04. The van der Waals surface area contributed by atoms with Crippen molar-refractivity contribution in [2.45, 2.75) is 38.8 Å². The maximum Gasteiger partial charge on any atom is 0.227 e. The van der Waals surface area contributed by atoms with E-state index >= 15 is 0 Å². The molecule has 0 saturated carbocycles. The van der Waals surface area contributed by atoms with Crippen molar-refractivity contribution in [3.05, 3.63) is 29.3 Å². The van der Waals surface area contributed by atoms with Crippen LogP contribution in [0.2, 0.25) is 0 Å². The summed E-state index contributed by atoms with van der Waals surface area (Å²) in [7, 11) is 1.80. The van der Waals surface area contributed by atoms with Crippen LogP contribution < -0.4 is 10.2 Å². The van der Waals surface area contributed by atoms with Crippen LogP contribution in [0.4, 0.5) is 5.69 Å². The van der Waals surface area contributed by atoms with Crippen LogP contribution in [0.1, 0.15) is 37.5 Å². The van der Waals surface area contributed by atoms with Gasteiger partial charge in [-0.3, -0.25) is 4.79 Å². The second kappa shape index (κ2) is 5.72. The molecule has 0 spiro atoms. The third-order valence-corrected chi connectivity index (χ3v) is 3.79. The summed E-state index contributed by atoms with van der Waals surface area (Å²) < 4.78 is 0. The minimum atomic E-state index is -0.520. The molecule has 1 aliphatic heterocycles. The smallest absolute Gasteiger partial charge is 0.227 e. The minimum absolute atomic E-state index is 0.0194. The predicted molar refractivity (Wildman–Crippen MR) is 76.3 cm³/mol. The van der Waals surface area contributed by atoms with Gasteiger partial charge in [0.25, 0.3) is 0 Å². The number of rotatable bonds is 4. The van der Waals surface area contributed by atoms with E-state index in [2.05, 4.69) is 5.32 Å². The summed E-state index contributed by atoms with van der Waals surface area (Å²) in [6, 6.07) is 5.89. The molecule has 1 aromatic carbocycles. The molecule has 2 atom stereocenters. The van der Waals surface area contributed by atoms with Crippen LogP contribution >= 0.6 is 0 Å². The van der Waals surface area contributed by atoms with Gasteiger partial charge in [0.1, 0.15) is 0 Å². The van der Waals surface area contributed by atoms with Crippen LogP contribution in [0.25, 0.3) is 0 Å². The van der Waals surface area contributed by atoms with Gasteiger partial charge in [-0.05, 0) is 37.1 Å². The number of aliphatic hydroxyl groups excluding tert-OH is 1. The van der Waals surface area contributed by atoms with E-state index in [1.807, 2.05) is 32.0 Å². The van der Waals surface area contributed by atoms with Crippen LogP contribution in [-0.4, -0.2) is 30.6 Å². The zero-order valence-corrected chi connectivity index (χ0v) is 11.8. The molecule has 2 unspecified atom stereocenters. The maximum absolute atomic E-state index is 11.6. The number of likely N-dealkylation sites (N-methyl/N-ethyl adjacent to an activating group) is 1. The molecular weight excluding hydrogens is 240 g/mol. The van der Waals surface area contributed by atoms with Gasteiger partial charge in [-0.1, -0.05) is 19.1 Å². The van der Waals surface area contributed by atoms with Crippen molar-refractivity contribution in [2.75, 3.05) is 18.5 Å². The van der Waals surface area contributed by atoms with Crippen molar-refractivity contribution >= 4 is 11.6 Å². The number of nitrogens with one attached hydrogen (secondary N) is 1. The molecule has 1 heterocycles. The van der Waals surface area contributed by atoms with E-state index in [4.69, 9.17) is 0 Å². The molecule has 0 saturated heterocycles. The second-order valence-electron chi connectivity index (χ2n) is 5.13. The number of hydrogen-bond donors (Lipinski definition) is 2. The van der Waals surface area contributed by atoms with E-state index in [0.717, 1.165) is 29.8 Å². The fraction of sp³-hybridized carbons (Fsp3) is 0.533. The summed E-state index contributed by atoms with van der Waals surface area (Å²) >= 11 is 0. The fourth-order valence-electron chi connectivity index (χ4n) is 2.58. The van der Waals surface area contributed by atoms with Gasteiger partial charge in [0.2, 0.25) is 5.91 Å². The molecule has 0 radical (unpaired) electrons. The maximum atomic E-state index is 11.6. The van der Waals surface area contributed by atoms with Crippen molar-refractivity contribution in [3.63, 3.8) is 0 Å². The lowest BCUT2D eigenvalue weighted by molar-refractivity contribution is -0.118. The highest BCUT2D eigenvalue weighted by atomic mass is 16.3. The Bertz CT molecular complexity index is 473. The number of nitrogens with zero attached hydrogens (tertiary/aromatic N) is 1. The lowest BCUT2D eigenvalue weighted by Crippen LogP contribution is -2.33. The highest BCUT2D eigenvalue weighted by molar-refractivity contribution is 5.95. The Kier molecular flexibility index (Phi) is 4.22. The molecule has 0 bridgehead atoms. The second-order valence-corrected chi connectivity index (χ2v) is 5.13. The van der Waals surface area contributed by atoms with E-state index in [0.29, 0.717) is 6.42 Å². The Morgan fingerprint density at radius 2 is 2.16 bits per heavy atom. The lowest BCUT2D eigenvalue weighted by atomic mass is 9.95. The van der Waals surface area contributed by atoms with Crippen LogP contribution in [0, 0.1) is 0 Å². The Balaban J connectivity index is 2.24. The number of benzene rings is 1. The molecule has 1 aromatic rings. The minimum Gasteiger partial charge on any atom is -0.387 e.